The average molecular weight is 338 g/mol. The van der Waals surface area contributed by atoms with E-state index >= 15 is 0 Å². The second-order valence-electron chi connectivity index (χ2n) is 4.84. The van der Waals surface area contributed by atoms with Gasteiger partial charge in [-0.25, -0.2) is 9.97 Å². The van der Waals surface area contributed by atoms with E-state index in [9.17, 15) is 8.78 Å². The Labute approximate surface area is 136 Å². The summed E-state index contributed by atoms with van der Waals surface area (Å²) in [6.07, 6.45) is 2.67. The summed E-state index contributed by atoms with van der Waals surface area (Å²) in [5.41, 5.74) is 1.88. The highest BCUT2D eigenvalue weighted by molar-refractivity contribution is 7.98. The third-order valence-electron chi connectivity index (χ3n) is 3.43. The van der Waals surface area contributed by atoms with Crippen molar-refractivity contribution in [2.45, 2.75) is 24.0 Å². The van der Waals surface area contributed by atoms with Crippen LogP contribution in [0.3, 0.4) is 0 Å². The Morgan fingerprint density at radius 3 is 2.91 bits per heavy atom. The summed E-state index contributed by atoms with van der Waals surface area (Å²) in [6.45, 7) is -1.37. The number of nitrogens with zero attached hydrogens (tertiary/aromatic N) is 4. The highest BCUT2D eigenvalue weighted by Crippen LogP contribution is 2.27. The number of imidazole rings is 2. The lowest BCUT2D eigenvalue weighted by Crippen LogP contribution is -2.06. The zero-order valence-electron chi connectivity index (χ0n) is 12.5. The zero-order valence-corrected chi connectivity index (χ0v) is 13.3. The smallest absolute Gasteiger partial charge is 0.319 e. The minimum absolute atomic E-state index is 0.327. The van der Waals surface area contributed by atoms with E-state index in [1.807, 2.05) is 28.8 Å². The minimum Gasteiger partial charge on any atom is -0.383 e. The summed E-state index contributed by atoms with van der Waals surface area (Å²) in [7, 11) is 1.64. The molecule has 2 aromatic heterocycles. The van der Waals surface area contributed by atoms with E-state index in [-0.39, 0.29) is 0 Å². The predicted octanol–water partition coefficient (Wildman–Crippen LogP) is 3.57. The molecule has 0 N–H and O–H groups in total. The Bertz CT molecular complexity index is 787. The third kappa shape index (κ3) is 3.37. The molecular formula is C15H16F2N4OS. The van der Waals surface area contributed by atoms with Crippen LogP contribution in [0.25, 0.3) is 11.0 Å². The number of fused-ring (bicyclic) bond motifs is 1. The molecule has 0 fully saturated rings. The van der Waals surface area contributed by atoms with Crippen LogP contribution in [0, 0.1) is 0 Å². The number of thioether (sulfide) groups is 1. The number of alkyl halides is 2. The summed E-state index contributed by atoms with van der Waals surface area (Å²) in [5.74, 6) is 0.656. The van der Waals surface area contributed by atoms with Gasteiger partial charge in [0.1, 0.15) is 5.82 Å². The Hall–Kier alpha value is -1.93. The molecule has 0 saturated heterocycles. The highest BCUT2D eigenvalue weighted by atomic mass is 32.2. The lowest BCUT2D eigenvalue weighted by molar-refractivity contribution is 0.0678. The molecule has 0 bridgehead atoms. The zero-order chi connectivity index (χ0) is 16.2. The van der Waals surface area contributed by atoms with E-state index in [2.05, 4.69) is 9.97 Å². The molecule has 0 aliphatic heterocycles. The second-order valence-corrected chi connectivity index (χ2v) is 5.79. The SMILES string of the molecule is COCCn1c(SCc2nccn2C(F)F)nc2ccccc21. The first kappa shape index (κ1) is 15.9. The molecule has 0 unspecified atom stereocenters. The van der Waals surface area contributed by atoms with Gasteiger partial charge in [-0.2, -0.15) is 8.78 Å². The van der Waals surface area contributed by atoms with Crippen LogP contribution in [0.5, 0.6) is 0 Å². The Morgan fingerprint density at radius 2 is 2.13 bits per heavy atom. The van der Waals surface area contributed by atoms with Gasteiger partial charge in [0, 0.05) is 26.0 Å². The van der Waals surface area contributed by atoms with Crippen molar-refractivity contribution in [3.63, 3.8) is 0 Å². The summed E-state index contributed by atoms with van der Waals surface area (Å²) < 4.78 is 33.8. The summed E-state index contributed by atoms with van der Waals surface area (Å²) in [4.78, 5) is 8.58. The van der Waals surface area contributed by atoms with E-state index in [4.69, 9.17) is 4.74 Å². The molecule has 0 amide bonds. The molecule has 3 rings (SSSR count). The lowest BCUT2D eigenvalue weighted by Gasteiger charge is -2.09. The van der Waals surface area contributed by atoms with Crippen LogP contribution in [0.2, 0.25) is 0 Å². The normalized spacial score (nSPS) is 11.7. The molecule has 3 aromatic rings. The number of ether oxygens (including phenoxy) is 1. The highest BCUT2D eigenvalue weighted by Gasteiger charge is 2.15. The van der Waals surface area contributed by atoms with Gasteiger partial charge in [0.2, 0.25) is 0 Å². The van der Waals surface area contributed by atoms with Gasteiger partial charge in [0.15, 0.2) is 5.16 Å². The lowest BCUT2D eigenvalue weighted by atomic mass is 10.3. The van der Waals surface area contributed by atoms with Crippen LogP contribution in [-0.2, 0) is 17.0 Å². The van der Waals surface area contributed by atoms with Gasteiger partial charge in [-0.1, -0.05) is 23.9 Å². The van der Waals surface area contributed by atoms with Gasteiger partial charge < -0.3 is 9.30 Å². The minimum atomic E-state index is -2.58. The quantitative estimate of drug-likeness (QED) is 0.618. The largest absolute Gasteiger partial charge is 0.383 e. The summed E-state index contributed by atoms with van der Waals surface area (Å²) in [6, 6.07) is 7.80. The maximum atomic E-state index is 12.9. The first-order valence-electron chi connectivity index (χ1n) is 7.07. The van der Waals surface area contributed by atoms with Crippen LogP contribution in [0.15, 0.2) is 41.8 Å². The van der Waals surface area contributed by atoms with Crippen molar-refractivity contribution >= 4 is 22.8 Å². The van der Waals surface area contributed by atoms with Gasteiger partial charge in [-0.3, -0.25) is 4.57 Å². The van der Waals surface area contributed by atoms with Crippen LogP contribution >= 0.6 is 11.8 Å². The maximum Gasteiger partial charge on any atom is 0.319 e. The number of para-hydroxylation sites is 2. The maximum absolute atomic E-state index is 12.9. The third-order valence-corrected chi connectivity index (χ3v) is 4.40. The van der Waals surface area contributed by atoms with E-state index in [1.54, 1.807) is 7.11 Å². The standard InChI is InChI=1S/C15H16F2N4OS/c1-22-9-8-20-12-5-3-2-4-11(12)19-15(20)23-10-13-18-6-7-21(13)14(16)17/h2-7,14H,8-10H2,1H3. The second kappa shape index (κ2) is 7.10. The Balaban J connectivity index is 1.85. The monoisotopic (exact) mass is 338 g/mol. The molecule has 5 nitrogen and oxygen atoms in total. The molecule has 0 aliphatic carbocycles. The average Bonchev–Trinajstić information content (AvgIpc) is 3.15. The molecular weight excluding hydrogens is 322 g/mol. The number of rotatable bonds is 7. The van der Waals surface area contributed by atoms with Crippen LogP contribution < -0.4 is 0 Å². The first-order chi connectivity index (χ1) is 11.2. The number of halogens is 2. The van der Waals surface area contributed by atoms with Gasteiger partial charge in [-0.05, 0) is 12.1 Å². The molecule has 1 aromatic carbocycles. The van der Waals surface area contributed by atoms with Gasteiger partial charge in [0.05, 0.1) is 23.4 Å². The predicted molar refractivity (Wildman–Crippen MR) is 84.7 cm³/mol. The number of aromatic nitrogens is 4. The molecule has 2 heterocycles. The number of hydrogen-bond acceptors (Lipinski definition) is 4. The topological polar surface area (TPSA) is 44.9 Å². The van der Waals surface area contributed by atoms with Gasteiger partial charge in [-0.15, -0.1) is 0 Å². The van der Waals surface area contributed by atoms with Crippen molar-refractivity contribution in [3.8, 4) is 0 Å². The van der Waals surface area contributed by atoms with Crippen LogP contribution in [0.1, 0.15) is 12.4 Å². The number of methoxy groups -OCH3 is 1. The van der Waals surface area contributed by atoms with Crippen molar-refractivity contribution in [1.29, 1.82) is 0 Å². The Morgan fingerprint density at radius 1 is 1.30 bits per heavy atom. The van der Waals surface area contributed by atoms with E-state index < -0.39 is 6.55 Å². The van der Waals surface area contributed by atoms with Crippen molar-refractivity contribution in [3.05, 3.63) is 42.5 Å². The Kier molecular flexibility index (Phi) is 4.92. The number of hydrogen-bond donors (Lipinski definition) is 0. The fourth-order valence-corrected chi connectivity index (χ4v) is 3.31. The molecule has 0 spiro atoms. The van der Waals surface area contributed by atoms with Crippen LogP contribution in [-0.4, -0.2) is 32.8 Å². The van der Waals surface area contributed by atoms with Crippen molar-refractivity contribution in [2.24, 2.45) is 0 Å². The summed E-state index contributed by atoms with van der Waals surface area (Å²) >= 11 is 1.39. The molecule has 0 saturated carbocycles. The number of benzene rings is 1. The van der Waals surface area contributed by atoms with E-state index in [1.165, 1.54) is 24.2 Å². The molecule has 0 atom stereocenters. The fraction of sp³-hybridized carbons (Fsp3) is 0.333. The van der Waals surface area contributed by atoms with Gasteiger partial charge >= 0.3 is 6.55 Å². The molecule has 0 radical (unpaired) electrons. The summed E-state index contributed by atoms with van der Waals surface area (Å²) in [5, 5.41) is 0.770. The van der Waals surface area contributed by atoms with Crippen LogP contribution in [0.4, 0.5) is 8.78 Å². The molecule has 23 heavy (non-hydrogen) atoms. The fourth-order valence-electron chi connectivity index (χ4n) is 2.32. The van der Waals surface area contributed by atoms with Crippen molar-refractivity contribution in [2.75, 3.05) is 13.7 Å². The van der Waals surface area contributed by atoms with Crippen molar-refractivity contribution < 1.29 is 13.5 Å². The molecule has 8 heteroatoms. The molecule has 0 aliphatic rings. The van der Waals surface area contributed by atoms with E-state index in [0.717, 1.165) is 20.8 Å². The van der Waals surface area contributed by atoms with Gasteiger partial charge in [0.25, 0.3) is 0 Å². The first-order valence-corrected chi connectivity index (χ1v) is 8.06. The van der Waals surface area contributed by atoms with Crippen molar-refractivity contribution in [1.82, 2.24) is 19.1 Å². The van der Waals surface area contributed by atoms with E-state index in [0.29, 0.717) is 24.7 Å². The molecule has 122 valence electrons.